The van der Waals surface area contributed by atoms with Gasteiger partial charge in [0.1, 0.15) is 0 Å². The monoisotopic (exact) mass is 444 g/mol. The number of aromatic nitrogens is 2. The minimum atomic E-state index is -4.42. The van der Waals surface area contributed by atoms with Gasteiger partial charge < -0.3 is 14.6 Å². The Labute approximate surface area is 170 Å². The molecule has 1 N–H and O–H groups in total. The number of benzene rings is 2. The Morgan fingerprint density at radius 1 is 0.964 bits per heavy atom. The fourth-order valence-electron chi connectivity index (χ4n) is 2.55. The number of rotatable bonds is 5. The second-order valence-corrected chi connectivity index (χ2v) is 8.13. The molecule has 0 saturated carbocycles. The van der Waals surface area contributed by atoms with Gasteiger partial charge in [0, 0.05) is 6.07 Å². The van der Waals surface area contributed by atoms with Crippen molar-refractivity contribution in [3.63, 3.8) is 0 Å². The van der Waals surface area contributed by atoms with Crippen LogP contribution in [0, 0.1) is 0 Å². The van der Waals surface area contributed by atoms with Crippen LogP contribution in [0.3, 0.4) is 0 Å². The summed E-state index contributed by atoms with van der Waals surface area (Å²) in [5.74, 6) is -0.0243. The summed E-state index contributed by atoms with van der Waals surface area (Å²) in [7, 11) is -1.55. The van der Waals surface area contributed by atoms with Gasteiger partial charge in [0.25, 0.3) is 10.0 Å². The van der Waals surface area contributed by atoms with E-state index in [0.29, 0.717) is 11.5 Å². The Morgan fingerprint density at radius 2 is 1.64 bits per heavy atom. The molecule has 0 spiro atoms. The molecule has 11 heteroatoms. The Morgan fingerprint density at radius 3 is 2.25 bits per heavy atom. The molecule has 0 saturated heterocycles. The van der Waals surface area contributed by atoms with Crippen molar-refractivity contribution >= 4 is 33.2 Å². The topological polar surface area (TPSA) is 99.8 Å². The largest absolute Gasteiger partial charge is 0.493 e. The van der Waals surface area contributed by atoms with Crippen molar-refractivity contribution in [3.8, 4) is 23.1 Å². The van der Waals surface area contributed by atoms with E-state index in [1.807, 2.05) is 0 Å². The number of imidazole rings is 1. The van der Waals surface area contributed by atoms with E-state index in [1.165, 1.54) is 38.5 Å². The van der Waals surface area contributed by atoms with Crippen LogP contribution in [-0.2, 0) is 10.0 Å². The van der Waals surface area contributed by atoms with Crippen molar-refractivity contribution in [1.82, 2.24) is 8.54 Å². The van der Waals surface area contributed by atoms with Crippen molar-refractivity contribution in [2.45, 2.75) is 4.90 Å². The third-order valence-electron chi connectivity index (χ3n) is 3.91. The molecule has 0 atom stereocenters. The molecule has 148 valence electrons. The standard InChI is InChI=1S/C17H14Cl2N2O6S/c1-26-14-6-3-10(7-15(14)27-2)20-9-16(22)21(17(20)23)28(24,25)11-4-5-12(18)13(19)8-11/h3-9,22H,1-2H3. The fraction of sp³-hybridized carbons (Fsp3) is 0.118. The highest BCUT2D eigenvalue weighted by atomic mass is 35.5. The van der Waals surface area contributed by atoms with E-state index < -0.39 is 21.6 Å². The summed E-state index contributed by atoms with van der Waals surface area (Å²) in [4.78, 5) is 12.5. The molecule has 1 aromatic heterocycles. The summed E-state index contributed by atoms with van der Waals surface area (Å²) < 4.78 is 37.2. The van der Waals surface area contributed by atoms with Gasteiger partial charge in [0.2, 0.25) is 5.88 Å². The van der Waals surface area contributed by atoms with Crippen molar-refractivity contribution in [2.24, 2.45) is 0 Å². The van der Waals surface area contributed by atoms with Crippen molar-refractivity contribution < 1.29 is 23.0 Å². The molecule has 0 amide bonds. The van der Waals surface area contributed by atoms with Crippen molar-refractivity contribution in [2.75, 3.05) is 14.2 Å². The third kappa shape index (κ3) is 3.32. The first kappa shape index (κ1) is 20.1. The summed E-state index contributed by atoms with van der Waals surface area (Å²) in [5.41, 5.74) is -0.739. The first-order chi connectivity index (χ1) is 13.2. The van der Waals surface area contributed by atoms with Crippen LogP contribution in [0.4, 0.5) is 0 Å². The molecule has 0 aliphatic rings. The molecular weight excluding hydrogens is 431 g/mol. The lowest BCUT2D eigenvalue weighted by Crippen LogP contribution is -2.28. The third-order valence-corrected chi connectivity index (χ3v) is 6.32. The van der Waals surface area contributed by atoms with Crippen LogP contribution >= 0.6 is 23.2 Å². The molecule has 0 radical (unpaired) electrons. The average molecular weight is 445 g/mol. The molecule has 0 aliphatic carbocycles. The molecule has 0 aliphatic heterocycles. The Hall–Kier alpha value is -2.62. The lowest BCUT2D eigenvalue weighted by atomic mass is 10.2. The van der Waals surface area contributed by atoms with Gasteiger partial charge in [0.15, 0.2) is 11.5 Å². The Bertz CT molecular complexity index is 1220. The molecular formula is C17H14Cl2N2O6S. The van der Waals surface area contributed by atoms with Gasteiger partial charge in [-0.3, -0.25) is 4.57 Å². The van der Waals surface area contributed by atoms with E-state index >= 15 is 0 Å². The predicted molar refractivity (Wildman–Crippen MR) is 104 cm³/mol. The van der Waals surface area contributed by atoms with Gasteiger partial charge in [-0.2, -0.15) is 0 Å². The zero-order chi connectivity index (χ0) is 20.6. The van der Waals surface area contributed by atoms with Crippen LogP contribution in [0.5, 0.6) is 17.4 Å². The summed E-state index contributed by atoms with van der Waals surface area (Å²) in [6.07, 6.45) is 0.985. The summed E-state index contributed by atoms with van der Waals surface area (Å²) in [5, 5.41) is 10.3. The van der Waals surface area contributed by atoms with E-state index in [9.17, 15) is 18.3 Å². The number of hydrogen-bond donors (Lipinski definition) is 1. The minimum Gasteiger partial charge on any atom is -0.493 e. The molecule has 8 nitrogen and oxygen atoms in total. The predicted octanol–water partition coefficient (Wildman–Crippen LogP) is 2.91. The number of halogens is 2. The highest BCUT2D eigenvalue weighted by molar-refractivity contribution is 7.90. The Kier molecular flexibility index (Phi) is 5.33. The molecule has 2 aromatic carbocycles. The van der Waals surface area contributed by atoms with Crippen LogP contribution < -0.4 is 15.2 Å². The first-order valence-corrected chi connectivity index (χ1v) is 9.86. The van der Waals surface area contributed by atoms with Crippen LogP contribution in [0.1, 0.15) is 0 Å². The quantitative estimate of drug-likeness (QED) is 0.649. The summed E-state index contributed by atoms with van der Waals surface area (Å²) >= 11 is 11.7. The van der Waals surface area contributed by atoms with Crippen LogP contribution in [0.2, 0.25) is 10.0 Å². The second-order valence-electron chi connectivity index (χ2n) is 5.52. The van der Waals surface area contributed by atoms with Crippen LogP contribution in [-0.4, -0.2) is 36.3 Å². The highest BCUT2D eigenvalue weighted by Gasteiger charge is 2.26. The molecule has 0 bridgehead atoms. The maximum atomic E-state index is 12.9. The molecule has 0 unspecified atom stereocenters. The maximum Gasteiger partial charge on any atom is 0.350 e. The van der Waals surface area contributed by atoms with Gasteiger partial charge in [-0.15, -0.1) is 3.97 Å². The SMILES string of the molecule is COc1ccc(-n2cc(O)n(S(=O)(=O)c3ccc(Cl)c(Cl)c3)c2=O)cc1OC. The number of hydrogen-bond acceptors (Lipinski definition) is 6. The highest BCUT2D eigenvalue weighted by Crippen LogP contribution is 2.30. The van der Waals surface area contributed by atoms with Gasteiger partial charge >= 0.3 is 5.69 Å². The second kappa shape index (κ2) is 7.42. The van der Waals surface area contributed by atoms with Crippen molar-refractivity contribution in [1.29, 1.82) is 0 Å². The van der Waals surface area contributed by atoms with Gasteiger partial charge in [0.05, 0.1) is 41.0 Å². The normalized spacial score (nSPS) is 11.4. The van der Waals surface area contributed by atoms with Gasteiger partial charge in [-0.25, -0.2) is 13.2 Å². The fourth-order valence-corrected chi connectivity index (χ4v) is 4.21. The van der Waals surface area contributed by atoms with E-state index in [-0.39, 0.29) is 24.6 Å². The number of nitrogens with zero attached hydrogens (tertiary/aromatic N) is 2. The van der Waals surface area contributed by atoms with E-state index in [4.69, 9.17) is 32.7 Å². The zero-order valence-electron chi connectivity index (χ0n) is 14.6. The van der Waals surface area contributed by atoms with Gasteiger partial charge in [-0.05, 0) is 30.3 Å². The van der Waals surface area contributed by atoms with Gasteiger partial charge in [-0.1, -0.05) is 23.2 Å². The van der Waals surface area contributed by atoms with E-state index in [1.54, 1.807) is 6.07 Å². The molecule has 1 heterocycles. The molecule has 3 aromatic rings. The van der Waals surface area contributed by atoms with Crippen molar-refractivity contribution in [3.05, 3.63) is 63.1 Å². The summed E-state index contributed by atoms with van der Waals surface area (Å²) in [6.45, 7) is 0. The number of aromatic hydroxyl groups is 1. The number of ether oxygens (including phenoxy) is 2. The van der Waals surface area contributed by atoms with E-state index in [2.05, 4.69) is 0 Å². The lowest BCUT2D eigenvalue weighted by molar-refractivity contribution is 0.355. The molecule has 0 fully saturated rings. The molecule has 28 heavy (non-hydrogen) atoms. The lowest BCUT2D eigenvalue weighted by Gasteiger charge is -2.09. The molecule has 3 rings (SSSR count). The van der Waals surface area contributed by atoms with Crippen LogP contribution in [0.25, 0.3) is 5.69 Å². The smallest absolute Gasteiger partial charge is 0.350 e. The average Bonchev–Trinajstić information content (AvgIpc) is 2.98. The maximum absolute atomic E-state index is 12.9. The minimum absolute atomic E-state index is 0.00500. The van der Waals surface area contributed by atoms with Crippen LogP contribution in [0.15, 0.2) is 52.3 Å². The number of methoxy groups -OCH3 is 2. The first-order valence-electron chi connectivity index (χ1n) is 7.67. The zero-order valence-corrected chi connectivity index (χ0v) is 16.9. The Balaban J connectivity index is 2.17. The summed E-state index contributed by atoms with van der Waals surface area (Å²) in [6, 6.07) is 8.09. The van der Waals surface area contributed by atoms with E-state index in [0.717, 1.165) is 16.8 Å².